The van der Waals surface area contributed by atoms with Gasteiger partial charge in [-0.2, -0.15) is 0 Å². The zero-order valence-corrected chi connectivity index (χ0v) is 12.9. The molecule has 106 valence electrons. The van der Waals surface area contributed by atoms with Crippen LogP contribution in [0.2, 0.25) is 5.02 Å². The van der Waals surface area contributed by atoms with Crippen LogP contribution in [-0.4, -0.2) is 24.9 Å². The summed E-state index contributed by atoms with van der Waals surface area (Å²) in [4.78, 5) is 11.7. The molecule has 5 heteroatoms. The van der Waals surface area contributed by atoms with Crippen LogP contribution in [0.3, 0.4) is 0 Å². The molecule has 0 heterocycles. The third-order valence-corrected chi connectivity index (χ3v) is 3.83. The Morgan fingerprint density at radius 3 is 2.68 bits per heavy atom. The minimum atomic E-state index is -0.557. The van der Waals surface area contributed by atoms with Crippen LogP contribution in [0.25, 0.3) is 0 Å². The Bertz CT molecular complexity index is 447. The first kappa shape index (κ1) is 16.1. The summed E-state index contributed by atoms with van der Waals surface area (Å²) in [5.41, 5.74) is 0.407. The lowest BCUT2D eigenvalue weighted by molar-refractivity contribution is -0.128. The summed E-state index contributed by atoms with van der Waals surface area (Å²) in [5, 5.41) is 3.51. The predicted molar refractivity (Wildman–Crippen MR) is 79.2 cm³/mol. The number of benzene rings is 1. The van der Waals surface area contributed by atoms with E-state index in [4.69, 9.17) is 27.9 Å². The van der Waals surface area contributed by atoms with Crippen LogP contribution >= 0.6 is 23.2 Å². The second kappa shape index (κ2) is 7.01. The number of amides is 1. The second-order valence-electron chi connectivity index (χ2n) is 5.03. The van der Waals surface area contributed by atoms with Crippen LogP contribution in [0.4, 0.5) is 0 Å². The molecule has 0 fully saturated rings. The third kappa shape index (κ3) is 4.92. The van der Waals surface area contributed by atoms with Crippen molar-refractivity contribution in [1.29, 1.82) is 0 Å². The van der Waals surface area contributed by atoms with Gasteiger partial charge in [0.1, 0.15) is 12.4 Å². The molecule has 0 aromatic heterocycles. The second-order valence-corrected chi connectivity index (χ2v) is 5.71. The monoisotopic (exact) mass is 303 g/mol. The molecule has 0 atom stereocenters. The molecule has 0 bridgehead atoms. The van der Waals surface area contributed by atoms with Crippen LogP contribution < -0.4 is 10.1 Å². The number of halogens is 2. The average molecular weight is 304 g/mol. The molecule has 1 amide bonds. The fourth-order valence-corrected chi connectivity index (χ4v) is 1.58. The summed E-state index contributed by atoms with van der Waals surface area (Å²) in [5.74, 6) is 0.960. The normalized spacial score (nSPS) is 11.2. The van der Waals surface area contributed by atoms with Crippen molar-refractivity contribution in [2.24, 2.45) is 5.41 Å². The molecule has 0 aliphatic carbocycles. The summed E-state index contributed by atoms with van der Waals surface area (Å²) in [6, 6.07) is 5.47. The van der Waals surface area contributed by atoms with Crippen LogP contribution in [0, 0.1) is 12.3 Å². The van der Waals surface area contributed by atoms with Crippen molar-refractivity contribution in [1.82, 2.24) is 5.32 Å². The average Bonchev–Trinajstić information content (AvgIpc) is 2.38. The first-order chi connectivity index (χ1) is 8.86. The van der Waals surface area contributed by atoms with Crippen molar-refractivity contribution < 1.29 is 9.53 Å². The van der Waals surface area contributed by atoms with E-state index in [0.29, 0.717) is 18.2 Å². The van der Waals surface area contributed by atoms with Crippen LogP contribution in [0.1, 0.15) is 19.4 Å². The van der Waals surface area contributed by atoms with E-state index in [1.165, 1.54) is 0 Å². The van der Waals surface area contributed by atoms with Gasteiger partial charge in [-0.1, -0.05) is 11.6 Å². The summed E-state index contributed by atoms with van der Waals surface area (Å²) in [6.07, 6.45) is 0. The quantitative estimate of drug-likeness (QED) is 0.646. The number of aryl methyl sites for hydroxylation is 1. The highest BCUT2D eigenvalue weighted by Crippen LogP contribution is 2.21. The van der Waals surface area contributed by atoms with E-state index in [-0.39, 0.29) is 11.8 Å². The van der Waals surface area contributed by atoms with E-state index in [9.17, 15) is 4.79 Å². The number of alkyl halides is 1. The number of carbonyl (C=O) groups excluding carboxylic acids is 1. The van der Waals surface area contributed by atoms with Crippen LogP contribution in [-0.2, 0) is 4.79 Å². The van der Waals surface area contributed by atoms with Crippen molar-refractivity contribution in [3.63, 3.8) is 0 Å². The molecule has 0 saturated carbocycles. The van der Waals surface area contributed by atoms with Gasteiger partial charge in [0.15, 0.2) is 0 Å². The standard InChI is InChI=1S/C14H19Cl2NO2/c1-10-8-11(4-5-12(10)16)19-7-6-17-13(18)14(2,3)9-15/h4-5,8H,6-7,9H2,1-3H3,(H,17,18). The van der Waals surface area contributed by atoms with Gasteiger partial charge in [0.2, 0.25) is 5.91 Å². The Morgan fingerprint density at radius 1 is 1.42 bits per heavy atom. The maximum absolute atomic E-state index is 11.7. The maximum atomic E-state index is 11.7. The molecule has 0 radical (unpaired) electrons. The topological polar surface area (TPSA) is 38.3 Å². The zero-order valence-electron chi connectivity index (χ0n) is 11.4. The zero-order chi connectivity index (χ0) is 14.5. The molecule has 0 aliphatic rings. The number of carbonyl (C=O) groups is 1. The van der Waals surface area contributed by atoms with Gasteiger partial charge >= 0.3 is 0 Å². The lowest BCUT2D eigenvalue weighted by Gasteiger charge is -2.20. The Labute approximate surface area is 124 Å². The third-order valence-electron chi connectivity index (χ3n) is 2.73. The van der Waals surface area contributed by atoms with Gasteiger partial charge in [0, 0.05) is 10.9 Å². The molecule has 0 aliphatic heterocycles. The molecule has 0 unspecified atom stereocenters. The minimum Gasteiger partial charge on any atom is -0.492 e. The number of hydrogen-bond acceptors (Lipinski definition) is 2. The highest BCUT2D eigenvalue weighted by molar-refractivity contribution is 6.31. The van der Waals surface area contributed by atoms with Crippen LogP contribution in [0.15, 0.2) is 18.2 Å². The highest BCUT2D eigenvalue weighted by atomic mass is 35.5. The SMILES string of the molecule is Cc1cc(OCCNC(=O)C(C)(C)CCl)ccc1Cl. The van der Waals surface area contributed by atoms with E-state index < -0.39 is 5.41 Å². The molecule has 1 aromatic carbocycles. The Balaban J connectivity index is 2.35. The molecular formula is C14H19Cl2NO2. The molecule has 0 spiro atoms. The van der Waals surface area contributed by atoms with Gasteiger partial charge in [-0.3, -0.25) is 4.79 Å². The molecule has 1 aromatic rings. The number of hydrogen-bond donors (Lipinski definition) is 1. The molecule has 1 N–H and O–H groups in total. The maximum Gasteiger partial charge on any atom is 0.226 e. The van der Waals surface area contributed by atoms with Gasteiger partial charge in [-0.05, 0) is 44.5 Å². The summed E-state index contributed by atoms with van der Waals surface area (Å²) in [6.45, 7) is 6.38. The first-order valence-electron chi connectivity index (χ1n) is 6.10. The molecule has 1 rings (SSSR count). The van der Waals surface area contributed by atoms with E-state index in [1.807, 2.05) is 13.0 Å². The van der Waals surface area contributed by atoms with E-state index in [0.717, 1.165) is 11.3 Å². The molecule has 3 nitrogen and oxygen atoms in total. The van der Waals surface area contributed by atoms with Gasteiger partial charge < -0.3 is 10.1 Å². The Kier molecular flexibility index (Phi) is 5.95. The fourth-order valence-electron chi connectivity index (χ4n) is 1.34. The summed E-state index contributed by atoms with van der Waals surface area (Å²) in [7, 11) is 0. The highest BCUT2D eigenvalue weighted by Gasteiger charge is 2.25. The summed E-state index contributed by atoms with van der Waals surface area (Å²) < 4.78 is 5.53. The largest absolute Gasteiger partial charge is 0.492 e. The predicted octanol–water partition coefficient (Wildman–Crippen LogP) is 3.41. The smallest absolute Gasteiger partial charge is 0.226 e. The molecular weight excluding hydrogens is 285 g/mol. The van der Waals surface area contributed by atoms with Crippen molar-refractivity contribution in [3.05, 3.63) is 28.8 Å². The molecule has 0 saturated heterocycles. The van der Waals surface area contributed by atoms with Gasteiger partial charge in [0.05, 0.1) is 12.0 Å². The Hall–Kier alpha value is -0.930. The van der Waals surface area contributed by atoms with Gasteiger partial charge in [-0.25, -0.2) is 0 Å². The van der Waals surface area contributed by atoms with Crippen molar-refractivity contribution in [3.8, 4) is 5.75 Å². The first-order valence-corrected chi connectivity index (χ1v) is 7.01. The minimum absolute atomic E-state index is 0.0709. The fraction of sp³-hybridized carbons (Fsp3) is 0.500. The Morgan fingerprint density at radius 2 is 2.11 bits per heavy atom. The van der Waals surface area contributed by atoms with Crippen molar-refractivity contribution in [2.75, 3.05) is 19.0 Å². The van der Waals surface area contributed by atoms with E-state index >= 15 is 0 Å². The van der Waals surface area contributed by atoms with Crippen molar-refractivity contribution in [2.45, 2.75) is 20.8 Å². The number of ether oxygens (including phenoxy) is 1. The van der Waals surface area contributed by atoms with E-state index in [1.54, 1.807) is 26.0 Å². The van der Waals surface area contributed by atoms with E-state index in [2.05, 4.69) is 5.32 Å². The molecule has 19 heavy (non-hydrogen) atoms. The van der Waals surface area contributed by atoms with Crippen molar-refractivity contribution >= 4 is 29.1 Å². The number of rotatable bonds is 6. The van der Waals surface area contributed by atoms with Gasteiger partial charge in [-0.15, -0.1) is 11.6 Å². The lowest BCUT2D eigenvalue weighted by Crippen LogP contribution is -2.39. The van der Waals surface area contributed by atoms with Gasteiger partial charge in [0.25, 0.3) is 0 Å². The van der Waals surface area contributed by atoms with Crippen LogP contribution in [0.5, 0.6) is 5.75 Å². The number of nitrogens with one attached hydrogen (secondary N) is 1. The summed E-state index contributed by atoms with van der Waals surface area (Å²) >= 11 is 11.6. The lowest BCUT2D eigenvalue weighted by atomic mass is 9.95.